The van der Waals surface area contributed by atoms with Crippen LogP contribution in [0.4, 0.5) is 30.7 Å². The lowest BCUT2D eigenvalue weighted by atomic mass is 9.96. The molecule has 0 spiro atoms. The van der Waals surface area contributed by atoms with Crippen molar-refractivity contribution < 1.29 is 35.2 Å². The Morgan fingerprint density at radius 1 is 1.00 bits per heavy atom. The minimum absolute atomic E-state index is 0.00831. The Bertz CT molecular complexity index is 1260. The lowest BCUT2D eigenvalue weighted by Gasteiger charge is -2.28. The first kappa shape index (κ1) is 21.0. The molecule has 0 bridgehead atoms. The van der Waals surface area contributed by atoms with Crippen molar-refractivity contribution in [3.8, 4) is 11.6 Å². The van der Waals surface area contributed by atoms with E-state index in [0.29, 0.717) is 6.07 Å². The van der Waals surface area contributed by atoms with E-state index in [9.17, 15) is 30.7 Å². The average molecular weight is 447 g/mol. The molecule has 0 aliphatic rings. The molecule has 0 aliphatic carbocycles. The number of nitrogens with zero attached hydrogens (tertiary/aromatic N) is 5. The van der Waals surface area contributed by atoms with Gasteiger partial charge in [0.25, 0.3) is 5.89 Å². The Balaban J connectivity index is 2.03. The lowest BCUT2D eigenvalue weighted by molar-refractivity contribution is -0.360. The van der Waals surface area contributed by atoms with Gasteiger partial charge in [0, 0.05) is 11.6 Å². The van der Waals surface area contributed by atoms with E-state index in [2.05, 4.69) is 20.2 Å². The molecule has 4 aromatic rings. The first-order valence-electron chi connectivity index (χ1n) is 8.76. The molecular formula is C18H12F7N5O. The topological polar surface area (TPSA) is 69.1 Å². The van der Waals surface area contributed by atoms with Crippen LogP contribution in [0.25, 0.3) is 28.3 Å². The SMILES string of the molecule is CC(C)c1cc(C(F)(F)C(F)(F)C(F)(F)F)nc2c1ccc1nc(-c3nnco3)cn12. The molecule has 31 heavy (non-hydrogen) atoms. The molecule has 0 aliphatic heterocycles. The van der Waals surface area contributed by atoms with Gasteiger partial charge in [0.2, 0.25) is 6.39 Å². The second-order valence-corrected chi connectivity index (χ2v) is 7.07. The van der Waals surface area contributed by atoms with Crippen LogP contribution in [0.15, 0.2) is 35.2 Å². The van der Waals surface area contributed by atoms with Crippen LogP contribution in [-0.2, 0) is 5.92 Å². The Morgan fingerprint density at radius 3 is 2.29 bits per heavy atom. The molecule has 164 valence electrons. The fourth-order valence-corrected chi connectivity index (χ4v) is 3.12. The standard InChI is InChI=1S/C18H12F7N5O/c1-8(2)10-5-12(16(19,20)17(21,22)18(23,24)25)28-14-9(10)3-4-13-27-11(6-30(13)14)15-29-26-7-31-15/h3-8H,1-2H3. The van der Waals surface area contributed by atoms with Crippen LogP contribution in [0.5, 0.6) is 0 Å². The van der Waals surface area contributed by atoms with E-state index < -0.39 is 29.6 Å². The van der Waals surface area contributed by atoms with Gasteiger partial charge in [-0.3, -0.25) is 4.40 Å². The summed E-state index contributed by atoms with van der Waals surface area (Å²) in [4.78, 5) is 7.69. The summed E-state index contributed by atoms with van der Waals surface area (Å²) in [6, 6.07) is 3.56. The molecule has 0 radical (unpaired) electrons. The summed E-state index contributed by atoms with van der Waals surface area (Å²) in [6.07, 6.45) is -4.16. The van der Waals surface area contributed by atoms with Crippen LogP contribution in [-0.4, -0.2) is 36.7 Å². The fourth-order valence-electron chi connectivity index (χ4n) is 3.12. The number of rotatable bonds is 4. The van der Waals surface area contributed by atoms with Crippen molar-refractivity contribution in [2.75, 3.05) is 0 Å². The first-order chi connectivity index (χ1) is 14.3. The van der Waals surface area contributed by atoms with Crippen molar-refractivity contribution in [1.82, 2.24) is 24.6 Å². The normalized spacial score (nSPS) is 13.6. The Hall–Kier alpha value is -3.25. The van der Waals surface area contributed by atoms with Gasteiger partial charge >= 0.3 is 18.0 Å². The Morgan fingerprint density at radius 2 is 1.71 bits per heavy atom. The zero-order valence-corrected chi connectivity index (χ0v) is 15.8. The highest BCUT2D eigenvalue weighted by Gasteiger charge is 2.74. The monoisotopic (exact) mass is 447 g/mol. The zero-order valence-electron chi connectivity index (χ0n) is 15.8. The third-order valence-electron chi connectivity index (χ3n) is 4.70. The molecule has 0 fully saturated rings. The van der Waals surface area contributed by atoms with Gasteiger partial charge in [-0.2, -0.15) is 30.7 Å². The summed E-state index contributed by atoms with van der Waals surface area (Å²) in [6.45, 7) is 3.17. The Kier molecular flexibility index (Phi) is 4.49. The predicted octanol–water partition coefficient (Wildman–Crippen LogP) is 5.35. The van der Waals surface area contributed by atoms with Crippen LogP contribution in [0.1, 0.15) is 31.0 Å². The smallest absolute Gasteiger partial charge is 0.422 e. The zero-order chi connectivity index (χ0) is 22.8. The highest BCUT2D eigenvalue weighted by atomic mass is 19.4. The van der Waals surface area contributed by atoms with Crippen molar-refractivity contribution in [2.45, 2.75) is 37.8 Å². The quantitative estimate of drug-likeness (QED) is 0.395. The second kappa shape index (κ2) is 6.62. The van der Waals surface area contributed by atoms with E-state index >= 15 is 0 Å². The lowest BCUT2D eigenvalue weighted by Crippen LogP contribution is -2.50. The summed E-state index contributed by atoms with van der Waals surface area (Å²) < 4.78 is 101. The highest BCUT2D eigenvalue weighted by Crippen LogP contribution is 2.51. The Labute approximate surface area is 168 Å². The first-order valence-corrected chi connectivity index (χ1v) is 8.76. The van der Waals surface area contributed by atoms with Gasteiger partial charge in [-0.05, 0) is 29.7 Å². The molecule has 0 unspecified atom stereocenters. The van der Waals surface area contributed by atoms with Crippen molar-refractivity contribution in [3.63, 3.8) is 0 Å². The number of aromatic nitrogens is 5. The number of imidazole rings is 1. The molecule has 0 atom stereocenters. The number of hydrogen-bond acceptors (Lipinski definition) is 5. The van der Waals surface area contributed by atoms with Crippen molar-refractivity contribution in [1.29, 1.82) is 0 Å². The van der Waals surface area contributed by atoms with Crippen molar-refractivity contribution in [2.24, 2.45) is 0 Å². The van der Waals surface area contributed by atoms with Gasteiger partial charge in [-0.1, -0.05) is 13.8 Å². The average Bonchev–Trinajstić information content (AvgIpc) is 3.35. The van der Waals surface area contributed by atoms with Crippen LogP contribution >= 0.6 is 0 Å². The number of pyridine rings is 2. The van der Waals surface area contributed by atoms with Crippen LogP contribution in [0, 0.1) is 0 Å². The van der Waals surface area contributed by atoms with Gasteiger partial charge in [-0.15, -0.1) is 10.2 Å². The van der Waals surface area contributed by atoms with Crippen LogP contribution < -0.4 is 0 Å². The maximum absolute atomic E-state index is 14.4. The number of fused-ring (bicyclic) bond motifs is 3. The van der Waals surface area contributed by atoms with E-state index in [0.717, 1.165) is 6.39 Å². The molecule has 4 heterocycles. The van der Waals surface area contributed by atoms with Crippen LogP contribution in [0.2, 0.25) is 0 Å². The van der Waals surface area contributed by atoms with Gasteiger partial charge in [0.15, 0.2) is 0 Å². The second-order valence-electron chi connectivity index (χ2n) is 7.07. The molecule has 0 N–H and O–H groups in total. The van der Waals surface area contributed by atoms with Crippen LogP contribution in [0.3, 0.4) is 0 Å². The van der Waals surface area contributed by atoms with Gasteiger partial charge in [0.1, 0.15) is 22.7 Å². The number of alkyl halides is 7. The number of hydrogen-bond donors (Lipinski definition) is 0. The van der Waals surface area contributed by atoms with Gasteiger partial charge in [0.05, 0.1) is 0 Å². The molecule has 13 heteroatoms. The van der Waals surface area contributed by atoms with E-state index in [1.54, 1.807) is 13.8 Å². The van der Waals surface area contributed by atoms with Crippen molar-refractivity contribution >= 4 is 16.7 Å². The molecule has 0 saturated heterocycles. The third-order valence-corrected chi connectivity index (χ3v) is 4.70. The fraction of sp³-hybridized carbons (Fsp3) is 0.333. The third kappa shape index (κ3) is 3.10. The molecule has 4 aromatic heterocycles. The summed E-state index contributed by atoms with van der Waals surface area (Å²) in [5.41, 5.74) is -1.56. The molecule has 6 nitrogen and oxygen atoms in total. The molecular weight excluding hydrogens is 435 g/mol. The van der Waals surface area contributed by atoms with E-state index in [4.69, 9.17) is 4.42 Å². The summed E-state index contributed by atoms with van der Waals surface area (Å²) >= 11 is 0. The molecule has 0 aromatic carbocycles. The molecule has 0 saturated carbocycles. The minimum Gasteiger partial charge on any atom is -0.422 e. The largest absolute Gasteiger partial charge is 0.460 e. The number of halogens is 7. The predicted molar refractivity (Wildman–Crippen MR) is 92.8 cm³/mol. The summed E-state index contributed by atoms with van der Waals surface area (Å²) in [7, 11) is 0. The molecule has 4 rings (SSSR count). The van der Waals surface area contributed by atoms with E-state index in [-0.39, 0.29) is 33.8 Å². The summed E-state index contributed by atoms with van der Waals surface area (Å²) in [5.74, 6) is -12.4. The van der Waals surface area contributed by atoms with Gasteiger partial charge < -0.3 is 4.42 Å². The van der Waals surface area contributed by atoms with Crippen molar-refractivity contribution in [3.05, 3.63) is 42.0 Å². The minimum atomic E-state index is -6.47. The van der Waals surface area contributed by atoms with E-state index in [1.807, 2.05) is 0 Å². The summed E-state index contributed by atoms with van der Waals surface area (Å²) in [5, 5.41) is 7.44. The van der Waals surface area contributed by atoms with Gasteiger partial charge in [-0.25, -0.2) is 9.97 Å². The maximum atomic E-state index is 14.4. The van der Waals surface area contributed by atoms with E-state index in [1.165, 1.54) is 22.7 Å². The highest BCUT2D eigenvalue weighted by molar-refractivity contribution is 5.83. The molecule has 0 amide bonds. The maximum Gasteiger partial charge on any atom is 0.460 e.